The fourth-order valence-corrected chi connectivity index (χ4v) is 4.58. The van der Waals surface area contributed by atoms with Gasteiger partial charge in [-0.15, -0.1) is 0 Å². The molecule has 0 saturated heterocycles. The molecule has 1 unspecified atom stereocenters. The number of hydrogen-bond acceptors (Lipinski definition) is 5. The van der Waals surface area contributed by atoms with Crippen LogP contribution < -0.4 is 9.67 Å². The summed E-state index contributed by atoms with van der Waals surface area (Å²) in [5.41, 5.74) is 1.08. The first-order valence-corrected chi connectivity index (χ1v) is 9.77. The molecular weight excluding hydrogens is 349 g/mol. The van der Waals surface area contributed by atoms with Crippen LogP contribution in [-0.4, -0.2) is 25.3 Å². The van der Waals surface area contributed by atoms with E-state index in [4.69, 9.17) is 8.98 Å². The average Bonchev–Trinajstić information content (AvgIpc) is 2.53. The average molecular weight is 365 g/mol. The van der Waals surface area contributed by atoms with Gasteiger partial charge in [0.1, 0.15) is 0 Å². The Morgan fingerprint density at radius 1 is 1.14 bits per heavy atom. The number of nitrogens with one attached hydrogen (secondary N) is 1. The van der Waals surface area contributed by atoms with Gasteiger partial charge >= 0.3 is 131 Å². The number of para-hydroxylation sites is 1. The second kappa shape index (κ2) is 7.42. The van der Waals surface area contributed by atoms with Gasteiger partial charge in [-0.05, 0) is 0 Å². The van der Waals surface area contributed by atoms with E-state index in [-0.39, 0.29) is 16.9 Å². The van der Waals surface area contributed by atoms with Crippen LogP contribution in [0.2, 0.25) is 0 Å². The molecule has 6 nitrogen and oxygen atoms in total. The Hall–Kier alpha value is -1.85. The fraction of sp³-hybridized carbons (Fsp3) is 0.133. The van der Waals surface area contributed by atoms with E-state index in [1.807, 2.05) is 18.2 Å². The number of amides is 1. The van der Waals surface area contributed by atoms with Crippen molar-refractivity contribution in [3.8, 4) is 0 Å². The molecule has 7 heteroatoms. The summed E-state index contributed by atoms with van der Waals surface area (Å²) < 4.78 is 22.5. The molecule has 2 aromatic rings. The van der Waals surface area contributed by atoms with Gasteiger partial charge in [0.2, 0.25) is 0 Å². The number of carbonyl (C=O) groups excluding carboxylic acids is 1. The summed E-state index contributed by atoms with van der Waals surface area (Å²) in [7, 11) is 0. The van der Waals surface area contributed by atoms with Crippen molar-refractivity contribution in [3.63, 3.8) is 0 Å². The standard InChI is InChI=1S/C15H16AsNO5/c1-12(18)17-15-10-6-5-9-14(15)16(19,22-20)21-11-13-7-3-2-4-8-13/h2-10,20H,11H2,1H3,(H,17,18). The molecule has 0 radical (unpaired) electrons. The molecule has 0 heterocycles. The van der Waals surface area contributed by atoms with Crippen LogP contribution in [0.5, 0.6) is 0 Å². The van der Waals surface area contributed by atoms with E-state index in [2.05, 4.69) is 9.19 Å². The Labute approximate surface area is 131 Å². The summed E-state index contributed by atoms with van der Waals surface area (Å²) >= 11 is -4.70. The summed E-state index contributed by atoms with van der Waals surface area (Å²) in [6.07, 6.45) is 0. The van der Waals surface area contributed by atoms with Gasteiger partial charge in [0.05, 0.1) is 0 Å². The van der Waals surface area contributed by atoms with Gasteiger partial charge in [-0.1, -0.05) is 0 Å². The summed E-state index contributed by atoms with van der Waals surface area (Å²) in [6, 6.07) is 15.4. The van der Waals surface area contributed by atoms with Crippen molar-refractivity contribution >= 4 is 30.1 Å². The van der Waals surface area contributed by atoms with Gasteiger partial charge in [-0.2, -0.15) is 0 Å². The second-order valence-corrected chi connectivity index (χ2v) is 8.52. The summed E-state index contributed by atoms with van der Waals surface area (Å²) in [6.45, 7) is 1.35. The van der Waals surface area contributed by atoms with Crippen LogP contribution in [0.25, 0.3) is 0 Å². The van der Waals surface area contributed by atoms with Crippen molar-refractivity contribution in [1.29, 1.82) is 0 Å². The third-order valence-corrected chi connectivity index (χ3v) is 6.35. The van der Waals surface area contributed by atoms with Crippen LogP contribution in [0, 0.1) is 0 Å². The summed E-state index contributed by atoms with van der Waals surface area (Å²) in [4.78, 5) is 11.2. The van der Waals surface area contributed by atoms with Crippen molar-refractivity contribution < 1.29 is 21.4 Å². The van der Waals surface area contributed by atoms with E-state index in [9.17, 15) is 8.53 Å². The molecular formula is C15H16AsNO5. The number of hydrogen-bond donors (Lipinski definition) is 2. The van der Waals surface area contributed by atoms with Crippen LogP contribution in [-0.2, 0) is 22.7 Å². The zero-order chi connectivity index (χ0) is 16.0. The maximum absolute atomic E-state index is 12.8. The molecule has 22 heavy (non-hydrogen) atoms. The molecule has 0 saturated carbocycles. The monoisotopic (exact) mass is 365 g/mol. The molecule has 0 fully saturated rings. The molecule has 0 aliphatic heterocycles. The Kier molecular flexibility index (Phi) is 5.57. The van der Waals surface area contributed by atoms with Crippen LogP contribution in [0.1, 0.15) is 12.5 Å². The van der Waals surface area contributed by atoms with Crippen molar-refractivity contribution in [3.05, 3.63) is 60.2 Å². The first-order valence-electron chi connectivity index (χ1n) is 6.54. The number of anilines is 1. The predicted molar refractivity (Wildman–Crippen MR) is 81.8 cm³/mol. The van der Waals surface area contributed by atoms with Crippen LogP contribution in [0.15, 0.2) is 54.6 Å². The number of rotatable bonds is 6. The zero-order valence-electron chi connectivity index (χ0n) is 11.9. The van der Waals surface area contributed by atoms with Gasteiger partial charge < -0.3 is 0 Å². The normalized spacial score (nSPS) is 13.4. The molecule has 2 aromatic carbocycles. The molecule has 116 valence electrons. The van der Waals surface area contributed by atoms with E-state index in [0.717, 1.165) is 5.56 Å². The Morgan fingerprint density at radius 3 is 2.41 bits per heavy atom. The van der Waals surface area contributed by atoms with Gasteiger partial charge in [-0.25, -0.2) is 0 Å². The van der Waals surface area contributed by atoms with Gasteiger partial charge in [-0.3, -0.25) is 0 Å². The molecule has 0 aliphatic rings. The van der Waals surface area contributed by atoms with E-state index < -0.39 is 14.2 Å². The molecule has 2 rings (SSSR count). The van der Waals surface area contributed by atoms with Gasteiger partial charge in [0.15, 0.2) is 0 Å². The topological polar surface area (TPSA) is 84.9 Å². The van der Waals surface area contributed by atoms with Crippen molar-refractivity contribution in [2.45, 2.75) is 13.5 Å². The summed E-state index contributed by atoms with van der Waals surface area (Å²) in [5.74, 6) is -0.324. The quantitative estimate of drug-likeness (QED) is 0.464. The molecule has 1 atom stereocenters. The van der Waals surface area contributed by atoms with Crippen molar-refractivity contribution in [1.82, 2.24) is 0 Å². The van der Waals surface area contributed by atoms with Crippen LogP contribution in [0.4, 0.5) is 5.69 Å². The second-order valence-electron chi connectivity index (χ2n) is 4.54. The first-order chi connectivity index (χ1) is 10.5. The predicted octanol–water partition coefficient (Wildman–Crippen LogP) is 1.93. The Bertz CT molecular complexity index is 689. The third-order valence-electron chi connectivity index (χ3n) is 2.86. The maximum atomic E-state index is 12.8. The minimum absolute atomic E-state index is 0.0201. The minimum atomic E-state index is -4.70. The SMILES string of the molecule is CC(=O)Nc1ccccc1[As](=O)(OO)OCc1ccccc1. The fourth-order valence-electron chi connectivity index (χ4n) is 1.88. The molecule has 0 aliphatic carbocycles. The van der Waals surface area contributed by atoms with E-state index in [1.165, 1.54) is 13.0 Å². The summed E-state index contributed by atoms with van der Waals surface area (Å²) in [5, 5.41) is 11.6. The number of benzene rings is 2. The van der Waals surface area contributed by atoms with E-state index in [1.54, 1.807) is 30.3 Å². The van der Waals surface area contributed by atoms with Crippen molar-refractivity contribution in [2.24, 2.45) is 0 Å². The molecule has 0 bridgehead atoms. The van der Waals surface area contributed by atoms with E-state index >= 15 is 0 Å². The Balaban J connectivity index is 2.26. The van der Waals surface area contributed by atoms with Gasteiger partial charge in [0, 0.05) is 0 Å². The third kappa shape index (κ3) is 4.08. The zero-order valence-corrected chi connectivity index (χ0v) is 13.8. The Morgan fingerprint density at radius 2 is 1.77 bits per heavy atom. The molecule has 0 aromatic heterocycles. The molecule has 2 N–H and O–H groups in total. The van der Waals surface area contributed by atoms with Crippen molar-refractivity contribution in [2.75, 3.05) is 5.32 Å². The van der Waals surface area contributed by atoms with E-state index in [0.29, 0.717) is 5.69 Å². The molecule has 0 spiro atoms. The number of carbonyl (C=O) groups is 1. The van der Waals surface area contributed by atoms with Crippen LogP contribution in [0.3, 0.4) is 0 Å². The van der Waals surface area contributed by atoms with Crippen LogP contribution >= 0.6 is 0 Å². The first kappa shape index (κ1) is 16.5. The van der Waals surface area contributed by atoms with Gasteiger partial charge in [0.25, 0.3) is 0 Å². The molecule has 1 amide bonds.